The van der Waals surface area contributed by atoms with Crippen LogP contribution < -0.4 is 15.4 Å². The van der Waals surface area contributed by atoms with Crippen LogP contribution in [-0.2, 0) is 0 Å². The van der Waals surface area contributed by atoms with Gasteiger partial charge in [-0.2, -0.15) is 0 Å². The molecule has 0 aliphatic rings. The molecule has 0 unspecified atom stereocenters. The van der Waals surface area contributed by atoms with Gasteiger partial charge in [-0.15, -0.1) is 11.3 Å². The van der Waals surface area contributed by atoms with E-state index in [2.05, 4.69) is 10.6 Å². The van der Waals surface area contributed by atoms with E-state index in [0.29, 0.717) is 36.4 Å². The number of anilines is 1. The molecule has 0 aliphatic carbocycles. The van der Waals surface area contributed by atoms with E-state index in [1.54, 1.807) is 19.2 Å². The van der Waals surface area contributed by atoms with Crippen molar-refractivity contribution in [3.05, 3.63) is 55.3 Å². The summed E-state index contributed by atoms with van der Waals surface area (Å²) in [5.41, 5.74) is 0.420. The Hall–Kier alpha value is -1.28. The van der Waals surface area contributed by atoms with Gasteiger partial charge in [0.2, 0.25) is 0 Å². The normalized spacial score (nSPS) is 10.7. The number of methoxy groups -OCH3 is 1. The molecule has 0 spiro atoms. The molecule has 10 heteroatoms. The molecule has 0 saturated carbocycles. The lowest BCUT2D eigenvalue weighted by Crippen LogP contribution is -2.33. The highest BCUT2D eigenvalue weighted by Gasteiger charge is 2.19. The summed E-state index contributed by atoms with van der Waals surface area (Å²) in [4.78, 5) is 12.9. The van der Waals surface area contributed by atoms with E-state index in [-0.39, 0.29) is 5.11 Å². The third kappa shape index (κ3) is 4.42. The number of ether oxygens (including phenoxy) is 1. The smallest absolute Gasteiger partial charge is 0.269 e. The van der Waals surface area contributed by atoms with Crippen LogP contribution in [0.1, 0.15) is 9.67 Å². The minimum Gasteiger partial charge on any atom is -0.497 e. The second kappa shape index (κ2) is 8.39. The van der Waals surface area contributed by atoms with Crippen LogP contribution >= 0.6 is 70.0 Å². The van der Waals surface area contributed by atoms with Crippen molar-refractivity contribution in [1.29, 1.82) is 0 Å². The molecule has 4 nitrogen and oxygen atoms in total. The fraction of sp³-hybridized carbons (Fsp3) is 0.0588. The topological polar surface area (TPSA) is 50.4 Å². The zero-order chi connectivity index (χ0) is 19.7. The van der Waals surface area contributed by atoms with Crippen LogP contribution in [0.25, 0.3) is 10.1 Å². The largest absolute Gasteiger partial charge is 0.497 e. The van der Waals surface area contributed by atoms with Gasteiger partial charge in [0.1, 0.15) is 10.6 Å². The van der Waals surface area contributed by atoms with Gasteiger partial charge < -0.3 is 10.1 Å². The molecule has 140 valence electrons. The van der Waals surface area contributed by atoms with E-state index in [1.807, 2.05) is 6.07 Å². The van der Waals surface area contributed by atoms with Gasteiger partial charge in [-0.3, -0.25) is 10.1 Å². The first-order valence-electron chi connectivity index (χ1n) is 7.33. The van der Waals surface area contributed by atoms with E-state index in [9.17, 15) is 4.79 Å². The van der Waals surface area contributed by atoms with E-state index in [1.165, 1.54) is 23.5 Å². The Morgan fingerprint density at radius 2 is 1.78 bits per heavy atom. The lowest BCUT2D eigenvalue weighted by atomic mass is 10.2. The monoisotopic (exact) mass is 478 g/mol. The number of hydrogen-bond donors (Lipinski definition) is 2. The van der Waals surface area contributed by atoms with Crippen LogP contribution in [0, 0.1) is 0 Å². The van der Waals surface area contributed by atoms with Gasteiger partial charge >= 0.3 is 0 Å². The molecular formula is C17H10Cl4N2O2S2. The molecular weight excluding hydrogens is 470 g/mol. The molecule has 2 N–H and O–H groups in total. The number of carbonyl (C=O) groups is 1. The molecule has 0 aliphatic heterocycles. The van der Waals surface area contributed by atoms with Gasteiger partial charge in [0.05, 0.1) is 32.9 Å². The van der Waals surface area contributed by atoms with Crippen LogP contribution in [0.2, 0.25) is 20.1 Å². The van der Waals surface area contributed by atoms with Crippen molar-refractivity contribution in [3.8, 4) is 5.75 Å². The number of nitrogens with one attached hydrogen (secondary N) is 2. The Morgan fingerprint density at radius 3 is 2.48 bits per heavy atom. The van der Waals surface area contributed by atoms with Crippen LogP contribution in [0.4, 0.5) is 5.69 Å². The second-order valence-electron chi connectivity index (χ2n) is 5.26. The molecule has 0 bridgehead atoms. The van der Waals surface area contributed by atoms with Crippen LogP contribution in [0.15, 0.2) is 30.3 Å². The quantitative estimate of drug-likeness (QED) is 0.326. The summed E-state index contributed by atoms with van der Waals surface area (Å²) >= 11 is 30.7. The summed E-state index contributed by atoms with van der Waals surface area (Å²) in [6.45, 7) is 0. The van der Waals surface area contributed by atoms with E-state index in [4.69, 9.17) is 63.4 Å². The molecule has 3 aromatic rings. The first-order chi connectivity index (χ1) is 12.8. The summed E-state index contributed by atoms with van der Waals surface area (Å²) in [5.74, 6) is 0.243. The highest BCUT2D eigenvalue weighted by atomic mass is 35.5. The zero-order valence-corrected chi connectivity index (χ0v) is 18.2. The first kappa shape index (κ1) is 20.5. The number of carbonyl (C=O) groups excluding carboxylic acids is 1. The summed E-state index contributed by atoms with van der Waals surface area (Å²) in [5, 5.41) is 7.49. The van der Waals surface area contributed by atoms with E-state index >= 15 is 0 Å². The van der Waals surface area contributed by atoms with Crippen molar-refractivity contribution < 1.29 is 9.53 Å². The molecule has 0 atom stereocenters. The highest BCUT2D eigenvalue weighted by Crippen LogP contribution is 2.37. The molecule has 0 fully saturated rings. The molecule has 1 amide bonds. The summed E-state index contributed by atoms with van der Waals surface area (Å²) in [6.07, 6.45) is 0. The Kier molecular flexibility index (Phi) is 6.35. The van der Waals surface area contributed by atoms with Crippen molar-refractivity contribution in [3.63, 3.8) is 0 Å². The summed E-state index contributed by atoms with van der Waals surface area (Å²) in [7, 11) is 1.57. The minimum absolute atomic E-state index is 0.0476. The van der Waals surface area contributed by atoms with Gasteiger partial charge in [0.15, 0.2) is 5.11 Å². The summed E-state index contributed by atoms with van der Waals surface area (Å²) in [6, 6.07) is 8.39. The number of thiophene rings is 1. The van der Waals surface area contributed by atoms with Crippen molar-refractivity contribution >= 4 is 96.8 Å². The molecule has 3 rings (SSSR count). The molecule has 1 heterocycles. The molecule has 2 aromatic carbocycles. The van der Waals surface area contributed by atoms with Gasteiger partial charge in [0.25, 0.3) is 5.91 Å². The van der Waals surface area contributed by atoms with Crippen molar-refractivity contribution in [2.45, 2.75) is 0 Å². The first-order valence-corrected chi connectivity index (χ1v) is 10.1. The second-order valence-corrected chi connectivity index (χ2v) is 8.32. The number of halogens is 4. The lowest BCUT2D eigenvalue weighted by Gasteiger charge is -2.11. The van der Waals surface area contributed by atoms with Crippen molar-refractivity contribution in [2.24, 2.45) is 0 Å². The average molecular weight is 480 g/mol. The predicted molar refractivity (Wildman–Crippen MR) is 119 cm³/mol. The Labute approximate surface area is 184 Å². The number of amides is 1. The zero-order valence-electron chi connectivity index (χ0n) is 13.5. The van der Waals surface area contributed by atoms with Gasteiger partial charge in [-0.1, -0.05) is 46.4 Å². The van der Waals surface area contributed by atoms with Gasteiger partial charge in [0, 0.05) is 10.1 Å². The Balaban J connectivity index is 1.79. The third-order valence-electron chi connectivity index (χ3n) is 3.53. The predicted octanol–water partition coefficient (Wildman–Crippen LogP) is 6.65. The lowest BCUT2D eigenvalue weighted by molar-refractivity contribution is 0.0982. The van der Waals surface area contributed by atoms with Crippen LogP contribution in [-0.4, -0.2) is 18.1 Å². The van der Waals surface area contributed by atoms with Gasteiger partial charge in [-0.05, 0) is 42.5 Å². The maximum Gasteiger partial charge on any atom is 0.269 e. The SMILES string of the molecule is COc1ccc2c(Cl)c(C(=O)NC(=S)Nc3cc(Cl)c(Cl)cc3Cl)sc2c1. The molecule has 1 aromatic heterocycles. The summed E-state index contributed by atoms with van der Waals surface area (Å²) < 4.78 is 6.02. The van der Waals surface area contributed by atoms with Crippen molar-refractivity contribution in [2.75, 3.05) is 12.4 Å². The van der Waals surface area contributed by atoms with Crippen molar-refractivity contribution in [1.82, 2.24) is 5.32 Å². The number of benzene rings is 2. The Bertz CT molecular complexity index is 1070. The minimum atomic E-state index is -0.436. The maximum absolute atomic E-state index is 12.6. The number of fused-ring (bicyclic) bond motifs is 1. The number of thiocarbonyl (C=S) groups is 1. The maximum atomic E-state index is 12.6. The number of hydrogen-bond acceptors (Lipinski definition) is 4. The number of rotatable bonds is 3. The third-order valence-corrected chi connectivity index (χ3v) is 6.42. The molecule has 0 saturated heterocycles. The van der Waals surface area contributed by atoms with Gasteiger partial charge in [-0.25, -0.2) is 0 Å². The molecule has 0 radical (unpaired) electrons. The fourth-order valence-electron chi connectivity index (χ4n) is 2.25. The average Bonchev–Trinajstić information content (AvgIpc) is 2.95. The van der Waals surface area contributed by atoms with E-state index in [0.717, 1.165) is 10.1 Å². The van der Waals surface area contributed by atoms with E-state index < -0.39 is 5.91 Å². The molecule has 27 heavy (non-hydrogen) atoms. The Morgan fingerprint density at radius 1 is 1.07 bits per heavy atom. The standard InChI is InChI=1S/C17H10Cl4N2O2S2/c1-25-7-2-3-8-13(4-7)27-15(14(8)21)16(24)23-17(26)22-12-6-10(19)9(18)5-11(12)20/h2-6H,1H3,(H2,22,23,24,26). The highest BCUT2D eigenvalue weighted by molar-refractivity contribution is 7.80. The fourth-order valence-corrected chi connectivity index (χ4v) is 4.49. The van der Waals surface area contributed by atoms with Crippen LogP contribution in [0.5, 0.6) is 5.75 Å². The van der Waals surface area contributed by atoms with Crippen LogP contribution in [0.3, 0.4) is 0 Å².